The van der Waals surface area contributed by atoms with Crippen molar-refractivity contribution < 1.29 is 0 Å². The maximum Gasteiger partial charge on any atom is 0.186 e. The molecule has 1 aliphatic heterocycles. The molecule has 0 unspecified atom stereocenters. The summed E-state index contributed by atoms with van der Waals surface area (Å²) in [5.74, 6) is 0. The van der Waals surface area contributed by atoms with Gasteiger partial charge in [0.05, 0.1) is 12.3 Å². The molecule has 118 valence electrons. The maximum atomic E-state index is 4.99. The van der Waals surface area contributed by atoms with Gasteiger partial charge in [-0.15, -0.1) is 0 Å². The standard InChI is InChI=1S/C15H21N5S2/c1-4-13-9-17-15(22-13)18-12-7-5-11(6-8-12)10(2)19-20-14(21)16-3/h5-8,13H,4,9H2,1-3H3,(H,17,18)(H2,16,20,21)/b19-10-/t13-/m0/s1. The van der Waals surface area contributed by atoms with E-state index in [1.54, 1.807) is 7.05 Å². The third-order valence-electron chi connectivity index (χ3n) is 3.28. The Balaban J connectivity index is 1.94. The highest BCUT2D eigenvalue weighted by atomic mass is 32.2. The molecular formula is C15H21N5S2. The Morgan fingerprint density at radius 1 is 1.41 bits per heavy atom. The number of hydrogen-bond donors (Lipinski definition) is 3. The molecule has 22 heavy (non-hydrogen) atoms. The predicted octanol–water partition coefficient (Wildman–Crippen LogP) is 2.80. The minimum absolute atomic E-state index is 0.499. The second-order valence-electron chi connectivity index (χ2n) is 4.88. The van der Waals surface area contributed by atoms with E-state index in [2.05, 4.69) is 33.1 Å². The van der Waals surface area contributed by atoms with Gasteiger partial charge in [-0.25, -0.2) is 0 Å². The van der Waals surface area contributed by atoms with Crippen LogP contribution in [0, 0.1) is 0 Å². The number of nitrogens with one attached hydrogen (secondary N) is 3. The van der Waals surface area contributed by atoms with Crippen LogP contribution in [0.3, 0.4) is 0 Å². The first-order valence-electron chi connectivity index (χ1n) is 7.23. The van der Waals surface area contributed by atoms with Crippen LogP contribution in [-0.2, 0) is 0 Å². The topological polar surface area (TPSA) is 60.8 Å². The molecule has 7 heteroatoms. The summed E-state index contributed by atoms with van der Waals surface area (Å²) in [6.45, 7) is 5.04. The number of hydrazone groups is 1. The SMILES string of the molecule is CC[C@H]1CN=C(Nc2ccc(/C(C)=N\NC(=S)NC)cc2)S1. The zero-order chi connectivity index (χ0) is 15.9. The fourth-order valence-electron chi connectivity index (χ4n) is 1.87. The summed E-state index contributed by atoms with van der Waals surface area (Å²) >= 11 is 6.80. The normalized spacial score (nSPS) is 17.9. The van der Waals surface area contributed by atoms with Gasteiger partial charge >= 0.3 is 0 Å². The van der Waals surface area contributed by atoms with Crippen molar-refractivity contribution in [1.82, 2.24) is 10.7 Å². The van der Waals surface area contributed by atoms with E-state index < -0.39 is 0 Å². The van der Waals surface area contributed by atoms with E-state index in [-0.39, 0.29) is 0 Å². The lowest BCUT2D eigenvalue weighted by Crippen LogP contribution is -2.29. The second-order valence-corrected chi connectivity index (χ2v) is 6.58. The largest absolute Gasteiger partial charge is 0.364 e. The molecule has 0 saturated carbocycles. The Morgan fingerprint density at radius 3 is 2.73 bits per heavy atom. The van der Waals surface area contributed by atoms with Crippen molar-refractivity contribution in [2.45, 2.75) is 25.5 Å². The summed E-state index contributed by atoms with van der Waals surface area (Å²) in [5.41, 5.74) is 5.75. The van der Waals surface area contributed by atoms with Gasteiger partial charge in [0, 0.05) is 18.0 Å². The summed E-state index contributed by atoms with van der Waals surface area (Å²) in [4.78, 5) is 4.51. The zero-order valence-electron chi connectivity index (χ0n) is 13.0. The van der Waals surface area contributed by atoms with Gasteiger partial charge in [0.2, 0.25) is 0 Å². The van der Waals surface area contributed by atoms with Gasteiger partial charge < -0.3 is 10.6 Å². The number of amidine groups is 1. The Hall–Kier alpha value is -1.60. The number of thiocarbonyl (C=S) groups is 1. The highest BCUT2D eigenvalue weighted by molar-refractivity contribution is 8.15. The van der Waals surface area contributed by atoms with Crippen LogP contribution in [0.4, 0.5) is 5.69 Å². The summed E-state index contributed by atoms with van der Waals surface area (Å²) in [6.07, 6.45) is 1.15. The fourth-order valence-corrected chi connectivity index (χ4v) is 2.87. The number of anilines is 1. The molecule has 0 radical (unpaired) electrons. The van der Waals surface area contributed by atoms with Crippen LogP contribution < -0.4 is 16.1 Å². The number of hydrogen-bond acceptors (Lipinski definition) is 5. The molecular weight excluding hydrogens is 314 g/mol. The molecule has 1 aliphatic rings. The third-order valence-corrected chi connectivity index (χ3v) is 4.84. The summed E-state index contributed by atoms with van der Waals surface area (Å²) in [6, 6.07) is 8.13. The molecule has 0 bridgehead atoms. The first kappa shape index (κ1) is 16.8. The molecule has 0 spiro atoms. The van der Waals surface area contributed by atoms with Crippen molar-refractivity contribution in [3.05, 3.63) is 29.8 Å². The zero-order valence-corrected chi connectivity index (χ0v) is 14.6. The minimum Gasteiger partial charge on any atom is -0.364 e. The second kappa shape index (κ2) is 8.14. The van der Waals surface area contributed by atoms with Crippen molar-refractivity contribution in [2.75, 3.05) is 18.9 Å². The monoisotopic (exact) mass is 335 g/mol. The van der Waals surface area contributed by atoms with Crippen LogP contribution >= 0.6 is 24.0 Å². The van der Waals surface area contributed by atoms with Crippen LogP contribution in [0.2, 0.25) is 0 Å². The minimum atomic E-state index is 0.499. The Kier molecular flexibility index (Phi) is 6.21. The third kappa shape index (κ3) is 4.71. The van der Waals surface area contributed by atoms with E-state index in [9.17, 15) is 0 Å². The average molecular weight is 336 g/mol. The van der Waals surface area contributed by atoms with E-state index in [1.165, 1.54) is 0 Å². The smallest absolute Gasteiger partial charge is 0.186 e. The number of benzene rings is 1. The summed E-state index contributed by atoms with van der Waals surface area (Å²) in [5, 5.41) is 12.5. The molecule has 3 N–H and O–H groups in total. The Bertz CT molecular complexity index is 580. The average Bonchev–Trinajstić information content (AvgIpc) is 3.00. The van der Waals surface area contributed by atoms with E-state index in [0.717, 1.165) is 35.1 Å². The van der Waals surface area contributed by atoms with Gasteiger partial charge in [-0.3, -0.25) is 10.4 Å². The van der Waals surface area contributed by atoms with Gasteiger partial charge in [0.1, 0.15) is 0 Å². The first-order valence-corrected chi connectivity index (χ1v) is 8.51. The van der Waals surface area contributed by atoms with E-state index in [4.69, 9.17) is 12.2 Å². The lowest BCUT2D eigenvalue weighted by molar-refractivity contribution is 0.843. The maximum absolute atomic E-state index is 4.99. The molecule has 0 aliphatic carbocycles. The molecule has 1 aromatic rings. The lowest BCUT2D eigenvalue weighted by atomic mass is 10.1. The molecule has 0 aromatic heterocycles. The molecule has 1 atom stereocenters. The Labute approximate surface area is 141 Å². The summed E-state index contributed by atoms with van der Waals surface area (Å²) in [7, 11) is 1.76. The van der Waals surface area contributed by atoms with Gasteiger partial charge in [-0.05, 0) is 43.3 Å². The lowest BCUT2D eigenvalue weighted by Gasteiger charge is -2.08. The van der Waals surface area contributed by atoms with Crippen molar-refractivity contribution >= 4 is 45.7 Å². The van der Waals surface area contributed by atoms with Crippen LogP contribution in [0.1, 0.15) is 25.8 Å². The van der Waals surface area contributed by atoms with E-state index in [0.29, 0.717) is 10.4 Å². The molecule has 0 saturated heterocycles. The van der Waals surface area contributed by atoms with Crippen molar-refractivity contribution in [3.63, 3.8) is 0 Å². The fraction of sp³-hybridized carbons (Fsp3) is 0.400. The predicted molar refractivity (Wildman–Crippen MR) is 101 cm³/mol. The van der Waals surface area contributed by atoms with E-state index in [1.807, 2.05) is 43.0 Å². The van der Waals surface area contributed by atoms with Crippen molar-refractivity contribution in [3.8, 4) is 0 Å². The van der Waals surface area contributed by atoms with Crippen molar-refractivity contribution in [2.24, 2.45) is 10.1 Å². The van der Waals surface area contributed by atoms with Crippen molar-refractivity contribution in [1.29, 1.82) is 0 Å². The van der Waals surface area contributed by atoms with Gasteiger partial charge in [0.15, 0.2) is 10.3 Å². The molecule has 1 aromatic carbocycles. The molecule has 2 rings (SSSR count). The van der Waals surface area contributed by atoms with Gasteiger partial charge in [-0.1, -0.05) is 30.8 Å². The highest BCUT2D eigenvalue weighted by Crippen LogP contribution is 2.24. The highest BCUT2D eigenvalue weighted by Gasteiger charge is 2.17. The number of aliphatic imine (C=N–C) groups is 1. The van der Waals surface area contributed by atoms with Crippen LogP contribution in [-0.4, -0.2) is 34.8 Å². The van der Waals surface area contributed by atoms with Crippen LogP contribution in [0.15, 0.2) is 34.4 Å². The van der Waals surface area contributed by atoms with E-state index >= 15 is 0 Å². The van der Waals surface area contributed by atoms with Gasteiger partial charge in [-0.2, -0.15) is 5.10 Å². The first-order chi connectivity index (χ1) is 10.6. The van der Waals surface area contributed by atoms with Gasteiger partial charge in [0.25, 0.3) is 0 Å². The van der Waals surface area contributed by atoms with Crippen LogP contribution in [0.5, 0.6) is 0 Å². The summed E-state index contributed by atoms with van der Waals surface area (Å²) < 4.78 is 0. The molecule has 0 fully saturated rings. The Morgan fingerprint density at radius 2 is 2.14 bits per heavy atom. The molecule has 5 nitrogen and oxygen atoms in total. The number of thioether (sulfide) groups is 1. The number of rotatable bonds is 4. The molecule has 0 amide bonds. The molecule has 1 heterocycles. The van der Waals surface area contributed by atoms with Crippen LogP contribution in [0.25, 0.3) is 0 Å². The quantitative estimate of drug-likeness (QED) is 0.449. The number of nitrogens with zero attached hydrogens (tertiary/aromatic N) is 2.